The van der Waals surface area contributed by atoms with E-state index in [-0.39, 0.29) is 0 Å². The third kappa shape index (κ3) is 2.37. The van der Waals surface area contributed by atoms with E-state index in [9.17, 15) is 0 Å². The number of nitrogens with one attached hydrogen (secondary N) is 1. The van der Waals surface area contributed by atoms with Crippen LogP contribution in [0.1, 0.15) is 30.9 Å². The molecule has 94 valence electrons. The zero-order chi connectivity index (χ0) is 13.1. The molecule has 0 aliphatic heterocycles. The number of pyridine rings is 1. The molecule has 0 amide bonds. The molecule has 0 aliphatic carbocycles. The highest BCUT2D eigenvalue weighted by Gasteiger charge is 2.10. The van der Waals surface area contributed by atoms with Crippen molar-refractivity contribution in [2.45, 2.75) is 26.7 Å². The predicted molar refractivity (Wildman–Crippen MR) is 78.0 cm³/mol. The van der Waals surface area contributed by atoms with Gasteiger partial charge in [0.15, 0.2) is 0 Å². The highest BCUT2D eigenvalue weighted by Crippen LogP contribution is 2.31. The lowest BCUT2D eigenvalue weighted by atomic mass is 9.91. The van der Waals surface area contributed by atoms with Gasteiger partial charge in [-0.3, -0.25) is 0 Å². The quantitative estimate of drug-likeness (QED) is 0.868. The molecule has 0 saturated heterocycles. The molecule has 2 heteroatoms. The first-order valence-electron chi connectivity index (χ1n) is 6.37. The summed E-state index contributed by atoms with van der Waals surface area (Å²) in [6, 6.07) is 10.7. The summed E-state index contributed by atoms with van der Waals surface area (Å²) in [4.78, 5) is 4.42. The average Bonchev–Trinajstić information content (AvgIpc) is 2.38. The maximum absolute atomic E-state index is 4.42. The zero-order valence-corrected chi connectivity index (χ0v) is 11.5. The van der Waals surface area contributed by atoms with Gasteiger partial charge in [-0.1, -0.05) is 38.1 Å². The molecule has 0 unspecified atom stereocenters. The highest BCUT2D eigenvalue weighted by molar-refractivity contribution is 5.71. The molecule has 1 aromatic carbocycles. The number of nitrogens with zero attached hydrogens (tertiary/aromatic N) is 1. The monoisotopic (exact) mass is 240 g/mol. The SMILES string of the molecule is CNc1cc(C)c(-c2ccccc2C(C)C)cn1. The largest absolute Gasteiger partial charge is 0.373 e. The third-order valence-corrected chi connectivity index (χ3v) is 3.24. The van der Waals surface area contributed by atoms with Crippen LogP contribution in [-0.2, 0) is 0 Å². The molecule has 0 atom stereocenters. The normalized spacial score (nSPS) is 10.7. The molecule has 0 aliphatic rings. The van der Waals surface area contributed by atoms with E-state index in [1.807, 2.05) is 13.2 Å². The molecule has 18 heavy (non-hydrogen) atoms. The summed E-state index contributed by atoms with van der Waals surface area (Å²) in [7, 11) is 1.89. The molecule has 1 N–H and O–H groups in total. The lowest BCUT2D eigenvalue weighted by Gasteiger charge is -2.15. The lowest BCUT2D eigenvalue weighted by Crippen LogP contribution is -1.97. The maximum atomic E-state index is 4.42. The van der Waals surface area contributed by atoms with E-state index in [0.717, 1.165) is 5.82 Å². The molecule has 0 spiro atoms. The standard InChI is InChI=1S/C16H20N2/c1-11(2)13-7-5-6-8-14(13)15-10-18-16(17-4)9-12(15)3/h5-11H,1-4H3,(H,17,18). The minimum atomic E-state index is 0.518. The van der Waals surface area contributed by atoms with Gasteiger partial charge in [0.25, 0.3) is 0 Å². The average molecular weight is 240 g/mol. The van der Waals surface area contributed by atoms with Crippen LogP contribution in [0, 0.1) is 6.92 Å². The van der Waals surface area contributed by atoms with Crippen molar-refractivity contribution in [2.24, 2.45) is 0 Å². The number of anilines is 1. The Morgan fingerprint density at radius 3 is 2.44 bits per heavy atom. The van der Waals surface area contributed by atoms with Gasteiger partial charge in [-0.25, -0.2) is 4.98 Å². The Morgan fingerprint density at radius 2 is 1.83 bits per heavy atom. The molecule has 1 heterocycles. The van der Waals surface area contributed by atoms with Crippen LogP contribution >= 0.6 is 0 Å². The maximum Gasteiger partial charge on any atom is 0.125 e. The Kier molecular flexibility index (Phi) is 3.66. The Hall–Kier alpha value is -1.83. The molecule has 0 radical (unpaired) electrons. The first-order valence-corrected chi connectivity index (χ1v) is 6.37. The minimum Gasteiger partial charge on any atom is -0.373 e. The van der Waals surface area contributed by atoms with Crippen molar-refractivity contribution >= 4 is 5.82 Å². The summed E-state index contributed by atoms with van der Waals surface area (Å²) in [6.45, 7) is 6.59. The van der Waals surface area contributed by atoms with Crippen LogP contribution in [0.2, 0.25) is 0 Å². The Balaban J connectivity index is 2.55. The van der Waals surface area contributed by atoms with Crippen molar-refractivity contribution in [3.63, 3.8) is 0 Å². The molecule has 2 aromatic rings. The number of hydrogen-bond donors (Lipinski definition) is 1. The summed E-state index contributed by atoms with van der Waals surface area (Å²) in [5.74, 6) is 1.43. The van der Waals surface area contributed by atoms with Crippen molar-refractivity contribution in [2.75, 3.05) is 12.4 Å². The Morgan fingerprint density at radius 1 is 1.11 bits per heavy atom. The van der Waals surface area contributed by atoms with Gasteiger partial charge in [0.2, 0.25) is 0 Å². The van der Waals surface area contributed by atoms with Crippen LogP contribution in [0.25, 0.3) is 11.1 Å². The minimum absolute atomic E-state index is 0.518. The molecular weight excluding hydrogens is 220 g/mol. The Bertz CT molecular complexity index is 545. The van der Waals surface area contributed by atoms with E-state index >= 15 is 0 Å². The molecule has 2 nitrogen and oxygen atoms in total. The van der Waals surface area contributed by atoms with Gasteiger partial charge in [-0.05, 0) is 35.6 Å². The van der Waals surface area contributed by atoms with Crippen LogP contribution in [0.4, 0.5) is 5.82 Å². The zero-order valence-electron chi connectivity index (χ0n) is 11.5. The van der Waals surface area contributed by atoms with Crippen molar-refractivity contribution < 1.29 is 0 Å². The number of rotatable bonds is 3. The first-order chi connectivity index (χ1) is 8.63. The molecular formula is C16H20N2. The summed E-state index contributed by atoms with van der Waals surface area (Å²) in [5.41, 5.74) is 5.14. The molecule has 1 aromatic heterocycles. The highest BCUT2D eigenvalue weighted by atomic mass is 14.9. The van der Waals surface area contributed by atoms with Gasteiger partial charge in [-0.2, -0.15) is 0 Å². The van der Waals surface area contributed by atoms with Gasteiger partial charge in [0, 0.05) is 18.8 Å². The fraction of sp³-hybridized carbons (Fsp3) is 0.312. The summed E-state index contributed by atoms with van der Waals surface area (Å²) in [5, 5.41) is 3.07. The van der Waals surface area contributed by atoms with Gasteiger partial charge < -0.3 is 5.32 Å². The number of aryl methyl sites for hydroxylation is 1. The van der Waals surface area contributed by atoms with Gasteiger partial charge in [0.1, 0.15) is 5.82 Å². The Labute approximate surface area is 109 Å². The van der Waals surface area contributed by atoms with E-state index in [0.29, 0.717) is 5.92 Å². The van der Waals surface area contributed by atoms with E-state index in [1.54, 1.807) is 0 Å². The van der Waals surface area contributed by atoms with E-state index < -0.39 is 0 Å². The summed E-state index contributed by atoms with van der Waals surface area (Å²) < 4.78 is 0. The first kappa shape index (κ1) is 12.6. The summed E-state index contributed by atoms with van der Waals surface area (Å²) in [6.07, 6.45) is 1.96. The second kappa shape index (κ2) is 5.21. The van der Waals surface area contributed by atoms with Crippen molar-refractivity contribution in [3.8, 4) is 11.1 Å². The fourth-order valence-electron chi connectivity index (χ4n) is 2.22. The number of hydrogen-bond acceptors (Lipinski definition) is 2. The van der Waals surface area contributed by atoms with Gasteiger partial charge >= 0.3 is 0 Å². The predicted octanol–water partition coefficient (Wildman–Crippen LogP) is 4.22. The number of benzene rings is 1. The smallest absolute Gasteiger partial charge is 0.125 e. The molecule has 0 bridgehead atoms. The van der Waals surface area contributed by atoms with Crippen molar-refractivity contribution in [1.82, 2.24) is 4.98 Å². The van der Waals surface area contributed by atoms with Crippen molar-refractivity contribution in [3.05, 3.63) is 47.7 Å². The number of aromatic nitrogens is 1. The van der Waals surface area contributed by atoms with E-state index in [4.69, 9.17) is 0 Å². The fourth-order valence-corrected chi connectivity index (χ4v) is 2.22. The van der Waals surface area contributed by atoms with Gasteiger partial charge in [-0.15, -0.1) is 0 Å². The molecule has 2 rings (SSSR count). The van der Waals surface area contributed by atoms with Crippen LogP contribution in [0.5, 0.6) is 0 Å². The van der Waals surface area contributed by atoms with Crippen molar-refractivity contribution in [1.29, 1.82) is 0 Å². The van der Waals surface area contributed by atoms with E-state index in [1.165, 1.54) is 22.3 Å². The van der Waals surface area contributed by atoms with Gasteiger partial charge in [0.05, 0.1) is 0 Å². The van der Waals surface area contributed by atoms with Crippen LogP contribution in [-0.4, -0.2) is 12.0 Å². The second-order valence-corrected chi connectivity index (χ2v) is 4.88. The van der Waals surface area contributed by atoms with E-state index in [2.05, 4.69) is 61.4 Å². The molecule has 0 saturated carbocycles. The lowest BCUT2D eigenvalue weighted by molar-refractivity contribution is 0.868. The van der Waals surface area contributed by atoms with Crippen LogP contribution in [0.3, 0.4) is 0 Å². The molecule has 0 fully saturated rings. The summed E-state index contributed by atoms with van der Waals surface area (Å²) >= 11 is 0. The topological polar surface area (TPSA) is 24.9 Å². The van der Waals surface area contributed by atoms with Crippen LogP contribution in [0.15, 0.2) is 36.5 Å². The second-order valence-electron chi connectivity index (χ2n) is 4.88. The van der Waals surface area contributed by atoms with Crippen LogP contribution < -0.4 is 5.32 Å². The third-order valence-electron chi connectivity index (χ3n) is 3.24.